The quantitative estimate of drug-likeness (QED) is 0.438. The summed E-state index contributed by atoms with van der Waals surface area (Å²) in [4.78, 5) is 9.70. The van der Waals surface area contributed by atoms with Crippen LogP contribution in [-0.4, -0.2) is 16.1 Å². The van der Waals surface area contributed by atoms with E-state index in [2.05, 4.69) is 4.74 Å². The molecule has 50 valence electrons. The third kappa shape index (κ3) is 1.83. The maximum atomic E-state index is 10.5. The van der Waals surface area contributed by atoms with E-state index in [1.165, 1.54) is 5.41 Å². The number of ether oxygens (including phenoxy) is 1. The van der Waals surface area contributed by atoms with Crippen molar-refractivity contribution in [2.75, 3.05) is 0 Å². The first-order valence-corrected chi connectivity index (χ1v) is 4.79. The van der Waals surface area contributed by atoms with Gasteiger partial charge in [-0.1, -0.05) is 0 Å². The number of hydrogen-bond acceptors (Lipinski definition) is 4. The molecule has 0 fully saturated rings. The second-order valence-electron chi connectivity index (χ2n) is 1.29. The van der Waals surface area contributed by atoms with Gasteiger partial charge in [-0.05, 0) is 16.9 Å². The Morgan fingerprint density at radius 3 is 3.00 bits per heavy atom. The van der Waals surface area contributed by atoms with Crippen LogP contribution in [0.2, 0.25) is 0 Å². The highest BCUT2D eigenvalue weighted by Gasteiger charge is 2.15. The van der Waals surface area contributed by atoms with Crippen LogP contribution in [-0.2, 0) is 19.4 Å². The zero-order valence-corrected chi connectivity index (χ0v) is 5.98. The van der Waals surface area contributed by atoms with Gasteiger partial charge >= 0.3 is 0 Å². The van der Waals surface area contributed by atoms with Gasteiger partial charge in [0.05, 0.1) is 0 Å². The molecule has 3 nitrogen and oxygen atoms in total. The van der Waals surface area contributed by atoms with Gasteiger partial charge < -0.3 is 4.74 Å². The van der Waals surface area contributed by atoms with E-state index in [4.69, 9.17) is 0 Å². The average molecular weight is 164 g/mol. The SMILES string of the molecule is O=COC1C=CS(=O)S1. The van der Waals surface area contributed by atoms with E-state index >= 15 is 0 Å². The van der Waals surface area contributed by atoms with Gasteiger partial charge in [0.1, 0.15) is 9.83 Å². The molecule has 0 amide bonds. The Balaban J connectivity index is 2.40. The Hall–Kier alpha value is -0.290. The minimum absolute atomic E-state index is 0.344. The maximum Gasteiger partial charge on any atom is 0.294 e. The highest BCUT2D eigenvalue weighted by molar-refractivity contribution is 8.70. The smallest absolute Gasteiger partial charge is 0.294 e. The van der Waals surface area contributed by atoms with Gasteiger partial charge in [-0.3, -0.25) is 4.79 Å². The Labute approximate surface area is 58.3 Å². The number of carbonyl (C=O) groups excluding carboxylic acids is 1. The molecule has 0 radical (unpaired) electrons. The Morgan fingerprint density at radius 1 is 1.78 bits per heavy atom. The molecule has 0 saturated carbocycles. The Kier molecular flexibility index (Phi) is 2.29. The monoisotopic (exact) mass is 164 g/mol. The van der Waals surface area contributed by atoms with Gasteiger partial charge in [-0.25, -0.2) is 4.21 Å². The van der Waals surface area contributed by atoms with Crippen molar-refractivity contribution in [3.05, 3.63) is 11.5 Å². The maximum absolute atomic E-state index is 10.5. The Morgan fingerprint density at radius 2 is 2.56 bits per heavy atom. The zero-order chi connectivity index (χ0) is 6.69. The van der Waals surface area contributed by atoms with Crippen LogP contribution < -0.4 is 0 Å². The highest BCUT2D eigenvalue weighted by Crippen LogP contribution is 2.25. The van der Waals surface area contributed by atoms with Gasteiger partial charge in [0, 0.05) is 5.41 Å². The molecule has 0 spiro atoms. The molecule has 0 aliphatic carbocycles. The van der Waals surface area contributed by atoms with Gasteiger partial charge in [0.25, 0.3) is 6.47 Å². The molecule has 5 heteroatoms. The largest absolute Gasteiger partial charge is 0.448 e. The van der Waals surface area contributed by atoms with Crippen LogP contribution in [0.25, 0.3) is 0 Å². The number of rotatable bonds is 2. The van der Waals surface area contributed by atoms with Crippen LogP contribution in [0.5, 0.6) is 0 Å². The van der Waals surface area contributed by atoms with Gasteiger partial charge in [0.15, 0.2) is 5.44 Å². The minimum Gasteiger partial charge on any atom is -0.448 e. The van der Waals surface area contributed by atoms with Crippen molar-refractivity contribution >= 4 is 27.1 Å². The van der Waals surface area contributed by atoms with E-state index in [0.29, 0.717) is 6.47 Å². The molecule has 0 N–H and O–H groups in total. The molecule has 0 saturated heterocycles. The van der Waals surface area contributed by atoms with Gasteiger partial charge in [-0.2, -0.15) is 0 Å². The predicted molar refractivity (Wildman–Crippen MR) is 35.8 cm³/mol. The van der Waals surface area contributed by atoms with Gasteiger partial charge in [-0.15, -0.1) is 0 Å². The summed E-state index contributed by atoms with van der Waals surface area (Å²) in [6, 6.07) is 0. The third-order valence-electron chi connectivity index (χ3n) is 0.726. The lowest BCUT2D eigenvalue weighted by molar-refractivity contribution is -0.128. The summed E-state index contributed by atoms with van der Waals surface area (Å²) in [6.07, 6.45) is 1.59. The molecule has 1 heterocycles. The normalized spacial score (nSPS) is 32.4. The lowest BCUT2D eigenvalue weighted by Crippen LogP contribution is -1.98. The molecule has 1 aliphatic heterocycles. The van der Waals surface area contributed by atoms with Crippen molar-refractivity contribution in [1.82, 2.24) is 0 Å². The molecule has 2 unspecified atom stereocenters. The summed E-state index contributed by atoms with van der Waals surface area (Å²) in [7, 11) is 0.0956. The molecule has 0 aromatic carbocycles. The molecular formula is C4H4O3S2. The van der Waals surface area contributed by atoms with Crippen molar-refractivity contribution in [3.63, 3.8) is 0 Å². The predicted octanol–water partition coefficient (Wildman–Crippen LogP) is 0.410. The minimum atomic E-state index is -1.00. The van der Waals surface area contributed by atoms with E-state index in [1.807, 2.05) is 0 Å². The van der Waals surface area contributed by atoms with Crippen molar-refractivity contribution in [2.24, 2.45) is 0 Å². The van der Waals surface area contributed by atoms with Crippen molar-refractivity contribution in [2.45, 2.75) is 5.44 Å². The first-order chi connectivity index (χ1) is 4.33. The molecule has 0 bridgehead atoms. The van der Waals surface area contributed by atoms with E-state index in [9.17, 15) is 9.00 Å². The lowest BCUT2D eigenvalue weighted by atomic mass is 10.7. The first kappa shape index (κ1) is 6.82. The number of hydrogen-bond donors (Lipinski definition) is 0. The highest BCUT2D eigenvalue weighted by atomic mass is 33.1. The summed E-state index contributed by atoms with van der Waals surface area (Å²) in [5, 5.41) is 1.50. The fraction of sp³-hybridized carbons (Fsp3) is 0.250. The molecule has 1 rings (SSSR count). The van der Waals surface area contributed by atoms with E-state index in [0.717, 1.165) is 10.8 Å². The van der Waals surface area contributed by atoms with Crippen LogP contribution in [0.1, 0.15) is 0 Å². The van der Waals surface area contributed by atoms with E-state index in [-0.39, 0.29) is 5.44 Å². The first-order valence-electron chi connectivity index (χ1n) is 2.18. The molecular weight excluding hydrogens is 160 g/mol. The standard InChI is InChI=1S/C4H4O3S2/c5-3-7-4-1-2-9(6)8-4/h1-4H. The molecule has 1 aliphatic rings. The van der Waals surface area contributed by atoms with Crippen LogP contribution >= 0.6 is 10.8 Å². The fourth-order valence-electron chi connectivity index (χ4n) is 0.409. The molecule has 2 atom stereocenters. The lowest BCUT2D eigenvalue weighted by Gasteiger charge is -1.99. The second-order valence-corrected chi connectivity index (χ2v) is 4.30. The molecule has 9 heavy (non-hydrogen) atoms. The van der Waals surface area contributed by atoms with Crippen molar-refractivity contribution in [3.8, 4) is 0 Å². The summed E-state index contributed by atoms with van der Waals surface area (Å²) in [5.41, 5.74) is -0.344. The van der Waals surface area contributed by atoms with E-state index in [1.54, 1.807) is 6.08 Å². The van der Waals surface area contributed by atoms with Crippen LogP contribution in [0.3, 0.4) is 0 Å². The summed E-state index contributed by atoms with van der Waals surface area (Å²) < 4.78 is 15.0. The van der Waals surface area contributed by atoms with Crippen molar-refractivity contribution in [1.29, 1.82) is 0 Å². The summed E-state index contributed by atoms with van der Waals surface area (Å²) >= 11 is 0. The fourth-order valence-corrected chi connectivity index (χ4v) is 2.54. The zero-order valence-electron chi connectivity index (χ0n) is 4.35. The van der Waals surface area contributed by atoms with Crippen LogP contribution in [0.15, 0.2) is 11.5 Å². The third-order valence-corrected chi connectivity index (χ3v) is 3.22. The van der Waals surface area contributed by atoms with Crippen LogP contribution in [0.4, 0.5) is 0 Å². The molecule has 0 aromatic heterocycles. The van der Waals surface area contributed by atoms with Crippen LogP contribution in [0, 0.1) is 0 Å². The van der Waals surface area contributed by atoms with Crippen molar-refractivity contribution < 1.29 is 13.7 Å². The average Bonchev–Trinajstić information content (AvgIpc) is 2.17. The van der Waals surface area contributed by atoms with E-state index < -0.39 is 9.83 Å². The second kappa shape index (κ2) is 3.03. The molecule has 0 aromatic rings. The Bertz CT molecular complexity index is 165. The summed E-state index contributed by atoms with van der Waals surface area (Å²) in [5.74, 6) is 0. The number of carbonyl (C=O) groups is 1. The van der Waals surface area contributed by atoms with Gasteiger partial charge in [0.2, 0.25) is 0 Å². The topological polar surface area (TPSA) is 43.4 Å². The summed E-state index contributed by atoms with van der Waals surface area (Å²) in [6.45, 7) is 0.352.